The van der Waals surface area contributed by atoms with Gasteiger partial charge in [0.15, 0.2) is 0 Å². The van der Waals surface area contributed by atoms with Crippen LogP contribution in [0, 0.1) is 0 Å². The maximum absolute atomic E-state index is 13.3. The van der Waals surface area contributed by atoms with E-state index in [2.05, 4.69) is 0 Å². The fraction of sp³-hybridized carbons (Fsp3) is 0.583. The number of Topliss-reactive ketones (excluding diaryl/α,β-unsaturated/α-hetero) is 2. The van der Waals surface area contributed by atoms with E-state index < -0.39 is 4.75 Å². The molecule has 2 aliphatic rings. The zero-order chi connectivity index (χ0) is 23.3. The summed E-state index contributed by atoms with van der Waals surface area (Å²) in [7, 11) is 1.56. The van der Waals surface area contributed by atoms with Crippen molar-refractivity contribution in [2.24, 2.45) is 0 Å². The molecule has 0 radical (unpaired) electrons. The molecule has 1 saturated heterocycles. The molecule has 1 aromatic carbocycles. The van der Waals surface area contributed by atoms with Crippen molar-refractivity contribution in [2.45, 2.75) is 50.7 Å². The Kier molecular flexibility index (Phi) is 7.98. The molecule has 32 heavy (non-hydrogen) atoms. The number of amides is 2. The van der Waals surface area contributed by atoms with Gasteiger partial charge in [-0.1, -0.05) is 6.07 Å². The fourth-order valence-electron chi connectivity index (χ4n) is 4.29. The highest BCUT2D eigenvalue weighted by molar-refractivity contribution is 8.01. The highest BCUT2D eigenvalue weighted by Gasteiger charge is 2.43. The summed E-state index contributed by atoms with van der Waals surface area (Å²) in [6, 6.07) is 5.48. The summed E-state index contributed by atoms with van der Waals surface area (Å²) in [6.45, 7) is 5.06. The molecule has 174 valence electrons. The summed E-state index contributed by atoms with van der Waals surface area (Å²) < 4.78 is 4.21. The van der Waals surface area contributed by atoms with Crippen LogP contribution in [-0.4, -0.2) is 77.0 Å². The van der Waals surface area contributed by atoms with Crippen LogP contribution in [0.4, 0.5) is 0 Å². The van der Waals surface area contributed by atoms with Crippen molar-refractivity contribution in [2.75, 3.05) is 39.0 Å². The van der Waals surface area contributed by atoms with Crippen LogP contribution in [0.25, 0.3) is 0 Å². The second-order valence-electron chi connectivity index (χ2n) is 8.62. The van der Waals surface area contributed by atoms with Crippen LogP contribution in [0.5, 0.6) is 5.75 Å². The highest BCUT2D eigenvalue weighted by atomic mass is 32.2. The van der Waals surface area contributed by atoms with Gasteiger partial charge in [-0.05, 0) is 50.8 Å². The smallest absolute Gasteiger partial charge is 0.254 e. The van der Waals surface area contributed by atoms with Gasteiger partial charge in [0.05, 0.1) is 13.5 Å². The van der Waals surface area contributed by atoms with Crippen molar-refractivity contribution in [3.05, 3.63) is 29.3 Å². The van der Waals surface area contributed by atoms with Gasteiger partial charge in [0.2, 0.25) is 5.91 Å². The Balaban J connectivity index is 1.85. The molecular formula is C24H32N2O5S. The molecule has 0 bridgehead atoms. The van der Waals surface area contributed by atoms with Crippen LogP contribution in [0.3, 0.4) is 0 Å². The normalized spacial score (nSPS) is 17.7. The number of rotatable bonds is 10. The average Bonchev–Trinajstić information content (AvgIpc) is 3.30. The molecular weight excluding hydrogens is 428 g/mol. The third-order valence-corrected chi connectivity index (χ3v) is 7.82. The first kappa shape index (κ1) is 24.3. The number of benzene rings is 1. The van der Waals surface area contributed by atoms with Crippen LogP contribution < -0.4 is 4.74 Å². The molecule has 1 fully saturated rings. The molecule has 0 aliphatic carbocycles. The summed E-state index contributed by atoms with van der Waals surface area (Å²) in [5.74, 6) is 0.737. The first-order chi connectivity index (χ1) is 15.3. The van der Waals surface area contributed by atoms with Gasteiger partial charge in [0, 0.05) is 43.9 Å². The monoisotopic (exact) mass is 460 g/mol. The van der Waals surface area contributed by atoms with Gasteiger partial charge in [0.1, 0.15) is 22.1 Å². The summed E-state index contributed by atoms with van der Waals surface area (Å²) >= 11 is 1.34. The molecule has 1 aromatic rings. The molecule has 8 heteroatoms. The Morgan fingerprint density at radius 2 is 1.84 bits per heavy atom. The van der Waals surface area contributed by atoms with E-state index in [0.29, 0.717) is 49.5 Å². The first-order valence-corrected chi connectivity index (χ1v) is 12.1. The molecule has 0 spiro atoms. The number of hydrogen-bond donors (Lipinski definition) is 0. The number of methoxy groups -OCH3 is 1. The summed E-state index contributed by atoms with van der Waals surface area (Å²) in [5.41, 5.74) is 1.53. The standard InChI is InChI=1S/C24H32N2O5S/c1-17(27)9-13-32-24(18(2)28,15-22(29)25-10-4-5-11-25)16-26-12-8-19-6-7-20(31-3)14-21(19)23(26)30/h6-7,14H,4-5,8-13,15-16H2,1-3H3. The van der Waals surface area contributed by atoms with Gasteiger partial charge >= 0.3 is 0 Å². The zero-order valence-electron chi connectivity index (χ0n) is 19.1. The predicted octanol–water partition coefficient (Wildman–Crippen LogP) is 2.75. The number of hydrogen-bond acceptors (Lipinski definition) is 6. The Morgan fingerprint density at radius 1 is 1.12 bits per heavy atom. The second kappa shape index (κ2) is 10.5. The molecule has 3 rings (SSSR count). The number of likely N-dealkylation sites (tertiary alicyclic amines) is 1. The number of ether oxygens (including phenoxy) is 1. The average molecular weight is 461 g/mol. The topological polar surface area (TPSA) is 84.0 Å². The number of carbonyl (C=O) groups excluding carboxylic acids is 4. The van der Waals surface area contributed by atoms with E-state index in [-0.39, 0.29) is 36.3 Å². The number of carbonyl (C=O) groups is 4. The largest absolute Gasteiger partial charge is 0.497 e. The van der Waals surface area contributed by atoms with Gasteiger partial charge in [-0.3, -0.25) is 19.2 Å². The Morgan fingerprint density at radius 3 is 2.47 bits per heavy atom. The van der Waals surface area contributed by atoms with Crippen molar-refractivity contribution in [3.63, 3.8) is 0 Å². The molecule has 2 heterocycles. The zero-order valence-corrected chi connectivity index (χ0v) is 20.0. The van der Waals surface area contributed by atoms with E-state index in [1.807, 2.05) is 12.1 Å². The van der Waals surface area contributed by atoms with Crippen molar-refractivity contribution in [1.82, 2.24) is 9.80 Å². The second-order valence-corrected chi connectivity index (χ2v) is 10.1. The van der Waals surface area contributed by atoms with Gasteiger partial charge in [-0.2, -0.15) is 0 Å². The van der Waals surface area contributed by atoms with Gasteiger partial charge in [-0.15, -0.1) is 11.8 Å². The lowest BCUT2D eigenvalue weighted by Gasteiger charge is -2.38. The lowest BCUT2D eigenvalue weighted by Crippen LogP contribution is -2.52. The van der Waals surface area contributed by atoms with Crippen molar-refractivity contribution in [1.29, 1.82) is 0 Å². The molecule has 7 nitrogen and oxygen atoms in total. The molecule has 1 unspecified atom stereocenters. The van der Waals surface area contributed by atoms with Crippen molar-refractivity contribution in [3.8, 4) is 5.75 Å². The maximum atomic E-state index is 13.3. The van der Waals surface area contributed by atoms with Crippen LogP contribution in [0.2, 0.25) is 0 Å². The molecule has 2 aliphatic heterocycles. The number of ketones is 2. The maximum Gasteiger partial charge on any atom is 0.254 e. The molecule has 0 N–H and O–H groups in total. The fourth-order valence-corrected chi connectivity index (χ4v) is 5.75. The van der Waals surface area contributed by atoms with Gasteiger partial charge in [0.25, 0.3) is 5.91 Å². The lowest BCUT2D eigenvalue weighted by molar-refractivity contribution is -0.133. The molecule has 1 atom stereocenters. The number of fused-ring (bicyclic) bond motifs is 1. The van der Waals surface area contributed by atoms with E-state index in [9.17, 15) is 19.2 Å². The predicted molar refractivity (Wildman–Crippen MR) is 124 cm³/mol. The number of thioether (sulfide) groups is 1. The third kappa shape index (κ3) is 5.52. The SMILES string of the molecule is COc1ccc2c(c1)C(=O)N(CC(CC(=O)N1CCCC1)(SCCC(C)=O)C(C)=O)CC2. The third-order valence-electron chi connectivity index (χ3n) is 6.30. The molecule has 0 aromatic heterocycles. The lowest BCUT2D eigenvalue weighted by atomic mass is 9.94. The van der Waals surface area contributed by atoms with E-state index >= 15 is 0 Å². The summed E-state index contributed by atoms with van der Waals surface area (Å²) in [5, 5.41) is 0. The minimum absolute atomic E-state index is 0.0379. The van der Waals surface area contributed by atoms with Crippen molar-refractivity contribution >= 4 is 35.1 Å². The summed E-state index contributed by atoms with van der Waals surface area (Å²) in [6.07, 6.45) is 2.99. The van der Waals surface area contributed by atoms with E-state index in [1.165, 1.54) is 25.6 Å². The minimum Gasteiger partial charge on any atom is -0.497 e. The quantitative estimate of drug-likeness (QED) is 0.534. The Bertz CT molecular complexity index is 896. The number of nitrogens with zero attached hydrogens (tertiary/aromatic N) is 2. The van der Waals surface area contributed by atoms with Gasteiger partial charge < -0.3 is 14.5 Å². The van der Waals surface area contributed by atoms with E-state index in [0.717, 1.165) is 18.4 Å². The first-order valence-electron chi connectivity index (χ1n) is 11.1. The van der Waals surface area contributed by atoms with Crippen LogP contribution in [0.1, 0.15) is 55.5 Å². The van der Waals surface area contributed by atoms with Crippen molar-refractivity contribution < 1.29 is 23.9 Å². The summed E-state index contributed by atoms with van der Waals surface area (Å²) in [4.78, 5) is 54.3. The minimum atomic E-state index is -1.07. The molecule has 0 saturated carbocycles. The van der Waals surface area contributed by atoms with Crippen LogP contribution in [0.15, 0.2) is 18.2 Å². The Hall–Kier alpha value is -2.35. The van der Waals surface area contributed by atoms with Gasteiger partial charge in [-0.25, -0.2) is 0 Å². The Labute approximate surface area is 193 Å². The van der Waals surface area contributed by atoms with E-state index in [4.69, 9.17) is 4.74 Å². The van der Waals surface area contributed by atoms with E-state index in [1.54, 1.807) is 23.0 Å². The van der Waals surface area contributed by atoms with Crippen LogP contribution >= 0.6 is 11.8 Å². The highest BCUT2D eigenvalue weighted by Crippen LogP contribution is 2.35. The van der Waals surface area contributed by atoms with Crippen LogP contribution in [-0.2, 0) is 20.8 Å². The molecule has 2 amide bonds.